The quantitative estimate of drug-likeness (QED) is 0.822. The second kappa shape index (κ2) is 7.06. The van der Waals surface area contributed by atoms with Gasteiger partial charge in [0.25, 0.3) is 0 Å². The van der Waals surface area contributed by atoms with Crippen LogP contribution in [0.25, 0.3) is 0 Å². The van der Waals surface area contributed by atoms with Crippen molar-refractivity contribution in [3.63, 3.8) is 0 Å². The molecule has 4 heteroatoms. The number of rotatable bonds is 7. The second-order valence-corrected chi connectivity index (χ2v) is 5.57. The highest BCUT2D eigenvalue weighted by Crippen LogP contribution is 2.24. The Balaban J connectivity index is 2.00. The maximum atomic E-state index is 5.94. The average molecular weight is 265 g/mol. The lowest BCUT2D eigenvalue weighted by atomic mass is 9.93. The van der Waals surface area contributed by atoms with Gasteiger partial charge in [0.1, 0.15) is 0 Å². The molecular formula is C15H27N3O. The molecule has 0 saturated carbocycles. The van der Waals surface area contributed by atoms with Crippen molar-refractivity contribution >= 4 is 0 Å². The number of hydrogen-bond acceptors (Lipinski definition) is 3. The van der Waals surface area contributed by atoms with Crippen molar-refractivity contribution in [1.82, 2.24) is 15.1 Å². The van der Waals surface area contributed by atoms with Crippen LogP contribution in [0, 0.1) is 5.92 Å². The van der Waals surface area contributed by atoms with Crippen molar-refractivity contribution < 1.29 is 4.74 Å². The van der Waals surface area contributed by atoms with Crippen LogP contribution in [0.2, 0.25) is 0 Å². The summed E-state index contributed by atoms with van der Waals surface area (Å²) in [5, 5.41) is 8.02. The molecule has 1 aliphatic heterocycles. The summed E-state index contributed by atoms with van der Waals surface area (Å²) < 4.78 is 7.93. The standard InChI is InChI=1S/C15H27N3O/c1-4-7-16-14(15-12(3)6-8-19-15)9-13-10-17-18(5-2)11-13/h10-12,14-16H,4-9H2,1-3H3. The van der Waals surface area contributed by atoms with Crippen LogP contribution >= 0.6 is 0 Å². The van der Waals surface area contributed by atoms with Crippen LogP contribution in [0.15, 0.2) is 12.4 Å². The van der Waals surface area contributed by atoms with Gasteiger partial charge in [0, 0.05) is 25.4 Å². The fourth-order valence-corrected chi connectivity index (χ4v) is 2.80. The van der Waals surface area contributed by atoms with Crippen LogP contribution in [0.4, 0.5) is 0 Å². The topological polar surface area (TPSA) is 39.1 Å². The first kappa shape index (κ1) is 14.5. The Morgan fingerprint density at radius 2 is 2.37 bits per heavy atom. The van der Waals surface area contributed by atoms with Crippen molar-refractivity contribution in [1.29, 1.82) is 0 Å². The average Bonchev–Trinajstić information content (AvgIpc) is 3.03. The van der Waals surface area contributed by atoms with Gasteiger partial charge >= 0.3 is 0 Å². The maximum absolute atomic E-state index is 5.94. The molecule has 19 heavy (non-hydrogen) atoms. The van der Waals surface area contributed by atoms with Gasteiger partial charge in [-0.05, 0) is 44.2 Å². The van der Waals surface area contributed by atoms with Gasteiger partial charge in [0.2, 0.25) is 0 Å². The van der Waals surface area contributed by atoms with Gasteiger partial charge in [-0.2, -0.15) is 5.10 Å². The van der Waals surface area contributed by atoms with Crippen molar-refractivity contribution in [2.45, 2.75) is 58.7 Å². The molecule has 1 fully saturated rings. The normalized spacial score (nSPS) is 24.8. The number of aryl methyl sites for hydroxylation is 1. The molecule has 2 heterocycles. The molecular weight excluding hydrogens is 238 g/mol. The summed E-state index contributed by atoms with van der Waals surface area (Å²) in [5.74, 6) is 0.649. The first-order chi connectivity index (χ1) is 9.24. The summed E-state index contributed by atoms with van der Waals surface area (Å²) in [7, 11) is 0. The summed E-state index contributed by atoms with van der Waals surface area (Å²) >= 11 is 0. The smallest absolute Gasteiger partial charge is 0.0757 e. The number of aromatic nitrogens is 2. The van der Waals surface area contributed by atoms with E-state index in [0.29, 0.717) is 18.1 Å². The molecule has 0 radical (unpaired) electrons. The lowest BCUT2D eigenvalue weighted by Gasteiger charge is -2.27. The van der Waals surface area contributed by atoms with Gasteiger partial charge in [-0.3, -0.25) is 4.68 Å². The Bertz CT molecular complexity index is 377. The zero-order valence-electron chi connectivity index (χ0n) is 12.4. The van der Waals surface area contributed by atoms with E-state index in [0.717, 1.165) is 32.5 Å². The minimum absolute atomic E-state index is 0.344. The molecule has 0 bridgehead atoms. The van der Waals surface area contributed by atoms with E-state index in [1.165, 1.54) is 12.0 Å². The van der Waals surface area contributed by atoms with Gasteiger partial charge < -0.3 is 10.1 Å². The van der Waals surface area contributed by atoms with Gasteiger partial charge in [0.15, 0.2) is 0 Å². The van der Waals surface area contributed by atoms with Crippen LogP contribution < -0.4 is 5.32 Å². The first-order valence-corrected chi connectivity index (χ1v) is 7.60. The lowest BCUT2D eigenvalue weighted by molar-refractivity contribution is 0.0610. The highest BCUT2D eigenvalue weighted by molar-refractivity contribution is 5.08. The van der Waals surface area contributed by atoms with E-state index in [-0.39, 0.29) is 0 Å². The Kier molecular flexibility index (Phi) is 5.40. The minimum atomic E-state index is 0.344. The van der Waals surface area contributed by atoms with E-state index in [4.69, 9.17) is 4.74 Å². The summed E-state index contributed by atoms with van der Waals surface area (Å²) in [4.78, 5) is 0. The number of nitrogens with one attached hydrogen (secondary N) is 1. The Labute approximate surface area is 116 Å². The van der Waals surface area contributed by atoms with E-state index < -0.39 is 0 Å². The summed E-state index contributed by atoms with van der Waals surface area (Å²) in [6.07, 6.45) is 7.84. The Morgan fingerprint density at radius 1 is 1.53 bits per heavy atom. The summed E-state index contributed by atoms with van der Waals surface area (Å²) in [6, 6.07) is 0.409. The van der Waals surface area contributed by atoms with E-state index in [2.05, 4.69) is 37.4 Å². The highest BCUT2D eigenvalue weighted by Gasteiger charge is 2.31. The summed E-state index contributed by atoms with van der Waals surface area (Å²) in [5.41, 5.74) is 1.30. The zero-order chi connectivity index (χ0) is 13.7. The monoisotopic (exact) mass is 265 g/mol. The molecule has 3 atom stereocenters. The van der Waals surface area contributed by atoms with Gasteiger partial charge in [-0.1, -0.05) is 13.8 Å². The molecule has 0 spiro atoms. The molecule has 1 aromatic heterocycles. The van der Waals surface area contributed by atoms with E-state index in [1.807, 2.05) is 10.9 Å². The van der Waals surface area contributed by atoms with Gasteiger partial charge in [0.05, 0.1) is 12.3 Å². The van der Waals surface area contributed by atoms with Gasteiger partial charge in [-0.15, -0.1) is 0 Å². The molecule has 0 aliphatic carbocycles. The van der Waals surface area contributed by atoms with Crippen LogP contribution in [-0.4, -0.2) is 35.1 Å². The number of nitrogens with zero attached hydrogens (tertiary/aromatic N) is 2. The van der Waals surface area contributed by atoms with E-state index in [1.54, 1.807) is 0 Å². The molecule has 0 aromatic carbocycles. The molecule has 1 aromatic rings. The van der Waals surface area contributed by atoms with Crippen molar-refractivity contribution in [3.05, 3.63) is 18.0 Å². The minimum Gasteiger partial charge on any atom is -0.376 e. The third-order valence-electron chi connectivity index (χ3n) is 3.96. The largest absolute Gasteiger partial charge is 0.376 e. The van der Waals surface area contributed by atoms with Crippen molar-refractivity contribution in [2.75, 3.05) is 13.2 Å². The fraction of sp³-hybridized carbons (Fsp3) is 0.800. The van der Waals surface area contributed by atoms with Crippen LogP contribution in [0.5, 0.6) is 0 Å². The third kappa shape index (κ3) is 3.80. The molecule has 4 nitrogen and oxygen atoms in total. The van der Waals surface area contributed by atoms with Gasteiger partial charge in [-0.25, -0.2) is 0 Å². The zero-order valence-corrected chi connectivity index (χ0v) is 12.4. The van der Waals surface area contributed by atoms with E-state index >= 15 is 0 Å². The number of ether oxygens (including phenoxy) is 1. The predicted molar refractivity (Wildman–Crippen MR) is 77.2 cm³/mol. The van der Waals surface area contributed by atoms with Crippen molar-refractivity contribution in [2.24, 2.45) is 5.92 Å². The fourth-order valence-electron chi connectivity index (χ4n) is 2.80. The lowest BCUT2D eigenvalue weighted by Crippen LogP contribution is -2.44. The molecule has 1 saturated heterocycles. The molecule has 3 unspecified atom stereocenters. The van der Waals surface area contributed by atoms with Crippen LogP contribution in [-0.2, 0) is 17.7 Å². The van der Waals surface area contributed by atoms with Crippen LogP contribution in [0.1, 0.15) is 39.2 Å². The van der Waals surface area contributed by atoms with Crippen LogP contribution in [0.3, 0.4) is 0 Å². The predicted octanol–water partition coefficient (Wildman–Crippen LogP) is 2.24. The Morgan fingerprint density at radius 3 is 2.95 bits per heavy atom. The third-order valence-corrected chi connectivity index (χ3v) is 3.96. The molecule has 0 amide bonds. The van der Waals surface area contributed by atoms with E-state index in [9.17, 15) is 0 Å². The second-order valence-electron chi connectivity index (χ2n) is 5.57. The maximum Gasteiger partial charge on any atom is 0.0757 e. The Hall–Kier alpha value is -0.870. The highest BCUT2D eigenvalue weighted by atomic mass is 16.5. The summed E-state index contributed by atoms with van der Waals surface area (Å²) in [6.45, 7) is 9.52. The SMILES string of the molecule is CCCNC(Cc1cnn(CC)c1)C1OCCC1C. The number of hydrogen-bond donors (Lipinski definition) is 1. The first-order valence-electron chi connectivity index (χ1n) is 7.60. The molecule has 1 aliphatic rings. The molecule has 1 N–H and O–H groups in total. The molecule has 108 valence electrons. The molecule has 2 rings (SSSR count). The van der Waals surface area contributed by atoms with Crippen molar-refractivity contribution in [3.8, 4) is 0 Å².